The predicted molar refractivity (Wildman–Crippen MR) is 119 cm³/mol. The number of rotatable bonds is 7. The molecule has 160 valence electrons. The summed E-state index contributed by atoms with van der Waals surface area (Å²) < 4.78 is 5.44. The maximum absolute atomic E-state index is 12.5. The molecular formula is C24H32N4O2. The largest absolute Gasteiger partial charge is 0.379 e. The maximum Gasteiger partial charge on any atom is 0.234 e. The number of piperazine rings is 1. The molecule has 4 rings (SSSR count). The molecule has 2 fully saturated rings. The molecule has 1 amide bonds. The van der Waals surface area contributed by atoms with Gasteiger partial charge in [-0.05, 0) is 23.3 Å². The number of amides is 1. The Bertz CT molecular complexity index is 800. The van der Waals surface area contributed by atoms with Crippen LogP contribution in [0.5, 0.6) is 0 Å². The Kier molecular flexibility index (Phi) is 7.34. The summed E-state index contributed by atoms with van der Waals surface area (Å²) >= 11 is 0. The van der Waals surface area contributed by atoms with Crippen LogP contribution in [0, 0.1) is 0 Å². The number of anilines is 1. The Balaban J connectivity index is 1.23. The molecule has 0 saturated carbocycles. The van der Waals surface area contributed by atoms with Crippen LogP contribution in [0.25, 0.3) is 0 Å². The third-order valence-corrected chi connectivity index (χ3v) is 5.95. The monoisotopic (exact) mass is 408 g/mol. The normalized spacial score (nSPS) is 18.3. The first-order chi connectivity index (χ1) is 14.8. The lowest BCUT2D eigenvalue weighted by atomic mass is 10.1. The third-order valence-electron chi connectivity index (χ3n) is 5.95. The molecule has 0 aromatic heterocycles. The number of carbonyl (C=O) groups is 1. The van der Waals surface area contributed by atoms with Gasteiger partial charge in [-0.2, -0.15) is 0 Å². The average molecular weight is 409 g/mol. The Labute approximate surface area is 179 Å². The summed E-state index contributed by atoms with van der Waals surface area (Å²) in [5.41, 5.74) is 3.75. The van der Waals surface area contributed by atoms with Crippen LogP contribution in [0.3, 0.4) is 0 Å². The van der Waals surface area contributed by atoms with Crippen LogP contribution in [-0.4, -0.2) is 74.7 Å². The number of hydrogen-bond donors (Lipinski definition) is 1. The van der Waals surface area contributed by atoms with Crippen molar-refractivity contribution in [3.05, 3.63) is 65.7 Å². The molecule has 2 aromatic carbocycles. The fourth-order valence-corrected chi connectivity index (χ4v) is 4.14. The van der Waals surface area contributed by atoms with Gasteiger partial charge in [0.2, 0.25) is 5.91 Å². The number of benzene rings is 2. The number of ether oxygens (including phenoxy) is 1. The summed E-state index contributed by atoms with van der Waals surface area (Å²) in [5.74, 6) is 0.101. The number of carbonyl (C=O) groups excluding carboxylic acids is 1. The smallest absolute Gasteiger partial charge is 0.234 e. The van der Waals surface area contributed by atoms with E-state index in [4.69, 9.17) is 4.74 Å². The van der Waals surface area contributed by atoms with Gasteiger partial charge in [0.25, 0.3) is 0 Å². The summed E-state index contributed by atoms with van der Waals surface area (Å²) in [6.07, 6.45) is 0. The van der Waals surface area contributed by atoms with Crippen molar-refractivity contribution in [1.82, 2.24) is 15.1 Å². The van der Waals surface area contributed by atoms with Crippen LogP contribution in [0.15, 0.2) is 54.6 Å². The first-order valence-corrected chi connectivity index (χ1v) is 10.9. The van der Waals surface area contributed by atoms with Crippen molar-refractivity contribution in [1.29, 1.82) is 0 Å². The Hall–Kier alpha value is -2.41. The minimum atomic E-state index is 0.101. The van der Waals surface area contributed by atoms with Crippen LogP contribution >= 0.6 is 0 Å². The van der Waals surface area contributed by atoms with E-state index in [1.807, 2.05) is 12.1 Å². The first kappa shape index (κ1) is 20.8. The minimum absolute atomic E-state index is 0.101. The van der Waals surface area contributed by atoms with Gasteiger partial charge in [-0.15, -0.1) is 0 Å². The van der Waals surface area contributed by atoms with Crippen molar-refractivity contribution in [2.75, 3.05) is 63.9 Å². The topological polar surface area (TPSA) is 48.1 Å². The van der Waals surface area contributed by atoms with Crippen LogP contribution in [0.4, 0.5) is 5.69 Å². The van der Waals surface area contributed by atoms with E-state index in [9.17, 15) is 4.79 Å². The average Bonchev–Trinajstić information content (AvgIpc) is 2.80. The van der Waals surface area contributed by atoms with Crippen molar-refractivity contribution < 1.29 is 9.53 Å². The zero-order valence-corrected chi connectivity index (χ0v) is 17.6. The van der Waals surface area contributed by atoms with E-state index < -0.39 is 0 Å². The Morgan fingerprint density at radius 3 is 2.20 bits per heavy atom. The maximum atomic E-state index is 12.5. The standard InChI is InChI=1S/C24H32N4O2/c29-24(20-26-10-12-28(13-11-26)23-8-2-1-3-9-23)25-18-21-6-4-5-7-22(21)19-27-14-16-30-17-15-27/h1-9H,10-20H2,(H,25,29). The van der Waals surface area contributed by atoms with E-state index in [0.29, 0.717) is 13.1 Å². The number of hydrogen-bond acceptors (Lipinski definition) is 5. The summed E-state index contributed by atoms with van der Waals surface area (Å²) in [6, 6.07) is 18.9. The molecule has 6 heteroatoms. The second-order valence-corrected chi connectivity index (χ2v) is 8.03. The first-order valence-electron chi connectivity index (χ1n) is 10.9. The molecule has 2 heterocycles. The van der Waals surface area contributed by atoms with Crippen molar-refractivity contribution in [2.24, 2.45) is 0 Å². The summed E-state index contributed by atoms with van der Waals surface area (Å²) in [6.45, 7) is 9.25. The zero-order chi connectivity index (χ0) is 20.6. The molecule has 0 atom stereocenters. The van der Waals surface area contributed by atoms with Gasteiger partial charge in [0, 0.05) is 58.0 Å². The predicted octanol–water partition coefficient (Wildman–Crippen LogP) is 1.96. The summed E-state index contributed by atoms with van der Waals surface area (Å²) in [4.78, 5) is 19.6. The van der Waals surface area contributed by atoms with Gasteiger partial charge in [-0.25, -0.2) is 0 Å². The summed E-state index contributed by atoms with van der Waals surface area (Å²) in [5, 5.41) is 3.13. The fourth-order valence-electron chi connectivity index (χ4n) is 4.14. The van der Waals surface area contributed by atoms with E-state index >= 15 is 0 Å². The molecule has 0 radical (unpaired) electrons. The second kappa shape index (κ2) is 10.6. The van der Waals surface area contributed by atoms with Crippen LogP contribution in [0.2, 0.25) is 0 Å². The number of nitrogens with one attached hydrogen (secondary N) is 1. The molecule has 2 aliphatic heterocycles. The lowest BCUT2D eigenvalue weighted by Crippen LogP contribution is -2.49. The number of para-hydroxylation sites is 1. The zero-order valence-electron chi connectivity index (χ0n) is 17.6. The van der Waals surface area contributed by atoms with Gasteiger partial charge in [0.05, 0.1) is 19.8 Å². The van der Waals surface area contributed by atoms with Crippen LogP contribution < -0.4 is 10.2 Å². The van der Waals surface area contributed by atoms with Crippen molar-refractivity contribution >= 4 is 11.6 Å². The number of nitrogens with zero attached hydrogens (tertiary/aromatic N) is 3. The van der Waals surface area contributed by atoms with Gasteiger partial charge < -0.3 is 15.0 Å². The summed E-state index contributed by atoms with van der Waals surface area (Å²) in [7, 11) is 0. The molecule has 0 unspecified atom stereocenters. The molecule has 30 heavy (non-hydrogen) atoms. The quantitative estimate of drug-likeness (QED) is 0.759. The van der Waals surface area contributed by atoms with E-state index in [1.165, 1.54) is 16.8 Å². The van der Waals surface area contributed by atoms with Gasteiger partial charge in [-0.3, -0.25) is 14.6 Å². The molecule has 1 N–H and O–H groups in total. The fraction of sp³-hybridized carbons (Fsp3) is 0.458. The molecule has 6 nitrogen and oxygen atoms in total. The van der Waals surface area contributed by atoms with Crippen molar-refractivity contribution in [2.45, 2.75) is 13.1 Å². The van der Waals surface area contributed by atoms with Crippen LogP contribution in [0.1, 0.15) is 11.1 Å². The molecule has 2 aliphatic rings. The molecule has 0 aliphatic carbocycles. The van der Waals surface area contributed by atoms with E-state index in [0.717, 1.165) is 59.0 Å². The highest BCUT2D eigenvalue weighted by atomic mass is 16.5. The highest BCUT2D eigenvalue weighted by molar-refractivity contribution is 5.78. The van der Waals surface area contributed by atoms with Gasteiger partial charge in [-0.1, -0.05) is 42.5 Å². The van der Waals surface area contributed by atoms with E-state index in [-0.39, 0.29) is 5.91 Å². The van der Waals surface area contributed by atoms with Crippen LogP contribution in [-0.2, 0) is 22.6 Å². The Morgan fingerprint density at radius 2 is 1.47 bits per heavy atom. The SMILES string of the molecule is O=C(CN1CCN(c2ccccc2)CC1)NCc1ccccc1CN1CCOCC1. The lowest BCUT2D eigenvalue weighted by Gasteiger charge is -2.35. The molecular weight excluding hydrogens is 376 g/mol. The Morgan fingerprint density at radius 1 is 0.800 bits per heavy atom. The molecule has 2 saturated heterocycles. The highest BCUT2D eigenvalue weighted by Gasteiger charge is 2.19. The van der Waals surface area contributed by atoms with Crippen molar-refractivity contribution in [3.8, 4) is 0 Å². The third kappa shape index (κ3) is 5.81. The number of morpholine rings is 1. The molecule has 0 spiro atoms. The van der Waals surface area contributed by atoms with Gasteiger partial charge in [0.15, 0.2) is 0 Å². The second-order valence-electron chi connectivity index (χ2n) is 8.03. The molecule has 0 bridgehead atoms. The van der Waals surface area contributed by atoms with Gasteiger partial charge >= 0.3 is 0 Å². The lowest BCUT2D eigenvalue weighted by molar-refractivity contribution is -0.122. The van der Waals surface area contributed by atoms with Gasteiger partial charge in [0.1, 0.15) is 0 Å². The molecule has 2 aromatic rings. The van der Waals surface area contributed by atoms with E-state index in [1.54, 1.807) is 0 Å². The minimum Gasteiger partial charge on any atom is -0.379 e. The van der Waals surface area contributed by atoms with Crippen molar-refractivity contribution in [3.63, 3.8) is 0 Å². The highest BCUT2D eigenvalue weighted by Crippen LogP contribution is 2.16. The van der Waals surface area contributed by atoms with E-state index in [2.05, 4.69) is 62.5 Å².